The van der Waals surface area contributed by atoms with E-state index in [9.17, 15) is 4.79 Å². The molecule has 0 heterocycles. The first-order valence-corrected chi connectivity index (χ1v) is 7.38. The maximum absolute atomic E-state index is 12.3. The van der Waals surface area contributed by atoms with E-state index in [1.165, 1.54) is 0 Å². The number of carbonyl (C=O) groups excluding carboxylic acids is 1. The number of halogens is 1. The first-order valence-electron chi connectivity index (χ1n) is 6.59. The van der Waals surface area contributed by atoms with E-state index in [1.54, 1.807) is 18.2 Å². The Morgan fingerprint density at radius 1 is 1.24 bits per heavy atom. The predicted molar refractivity (Wildman–Crippen MR) is 85.9 cm³/mol. The first-order chi connectivity index (χ1) is 10.0. The SMILES string of the molecule is Cc1c(Br)cccc1C(=O)NC(C)c1ccc(C#N)cc1. The van der Waals surface area contributed by atoms with Gasteiger partial charge in [-0.1, -0.05) is 34.1 Å². The Kier molecular flexibility index (Phi) is 4.77. The number of rotatable bonds is 3. The molecule has 2 aromatic rings. The van der Waals surface area contributed by atoms with E-state index in [2.05, 4.69) is 27.3 Å². The van der Waals surface area contributed by atoms with Gasteiger partial charge in [-0.2, -0.15) is 5.26 Å². The van der Waals surface area contributed by atoms with Crippen molar-refractivity contribution in [3.8, 4) is 6.07 Å². The third kappa shape index (κ3) is 3.50. The second-order valence-corrected chi connectivity index (χ2v) is 5.70. The van der Waals surface area contributed by atoms with Crippen molar-refractivity contribution in [2.45, 2.75) is 19.9 Å². The Morgan fingerprint density at radius 2 is 1.90 bits per heavy atom. The molecule has 21 heavy (non-hydrogen) atoms. The van der Waals surface area contributed by atoms with Crippen LogP contribution in [0.1, 0.15) is 40.0 Å². The lowest BCUT2D eigenvalue weighted by molar-refractivity contribution is 0.0939. The number of nitrogens with one attached hydrogen (secondary N) is 1. The Morgan fingerprint density at radius 3 is 2.52 bits per heavy atom. The third-order valence-corrected chi connectivity index (χ3v) is 4.26. The lowest BCUT2D eigenvalue weighted by Gasteiger charge is -2.16. The molecule has 1 atom stereocenters. The highest BCUT2D eigenvalue weighted by atomic mass is 79.9. The van der Waals surface area contributed by atoms with Crippen molar-refractivity contribution in [3.63, 3.8) is 0 Å². The van der Waals surface area contributed by atoms with Crippen molar-refractivity contribution in [2.75, 3.05) is 0 Å². The fourth-order valence-electron chi connectivity index (χ4n) is 2.06. The van der Waals surface area contributed by atoms with Gasteiger partial charge in [0, 0.05) is 10.0 Å². The van der Waals surface area contributed by atoms with Crippen molar-refractivity contribution < 1.29 is 4.79 Å². The Bertz CT molecular complexity index is 702. The maximum atomic E-state index is 12.3. The monoisotopic (exact) mass is 342 g/mol. The van der Waals surface area contributed by atoms with Gasteiger partial charge in [-0.05, 0) is 49.2 Å². The minimum absolute atomic E-state index is 0.106. The summed E-state index contributed by atoms with van der Waals surface area (Å²) in [4.78, 5) is 12.3. The molecule has 2 aromatic carbocycles. The first kappa shape index (κ1) is 15.3. The van der Waals surface area contributed by atoms with E-state index in [0.717, 1.165) is 15.6 Å². The van der Waals surface area contributed by atoms with Gasteiger partial charge in [-0.3, -0.25) is 4.79 Å². The van der Waals surface area contributed by atoms with Crippen molar-refractivity contribution in [2.24, 2.45) is 0 Å². The zero-order valence-corrected chi connectivity index (χ0v) is 13.4. The molecule has 106 valence electrons. The summed E-state index contributed by atoms with van der Waals surface area (Å²) in [5, 5.41) is 11.8. The molecule has 0 aliphatic heterocycles. The van der Waals surface area contributed by atoms with Crippen molar-refractivity contribution in [1.29, 1.82) is 5.26 Å². The van der Waals surface area contributed by atoms with Gasteiger partial charge in [-0.15, -0.1) is 0 Å². The number of nitrogens with zero attached hydrogens (tertiary/aromatic N) is 1. The number of benzene rings is 2. The zero-order valence-electron chi connectivity index (χ0n) is 11.9. The van der Waals surface area contributed by atoms with Crippen LogP contribution in [0.15, 0.2) is 46.9 Å². The van der Waals surface area contributed by atoms with Crippen LogP contribution >= 0.6 is 15.9 Å². The largest absolute Gasteiger partial charge is 0.346 e. The van der Waals surface area contributed by atoms with E-state index in [4.69, 9.17) is 5.26 Å². The minimum atomic E-state index is -0.122. The predicted octanol–water partition coefficient (Wildman–Crippen LogP) is 4.12. The highest BCUT2D eigenvalue weighted by Gasteiger charge is 2.14. The van der Waals surface area contributed by atoms with E-state index in [0.29, 0.717) is 11.1 Å². The van der Waals surface area contributed by atoms with Crippen molar-refractivity contribution in [1.82, 2.24) is 5.32 Å². The summed E-state index contributed by atoms with van der Waals surface area (Å²) >= 11 is 3.43. The summed E-state index contributed by atoms with van der Waals surface area (Å²) in [5.41, 5.74) is 3.15. The number of hydrogen-bond donors (Lipinski definition) is 1. The van der Waals surface area contributed by atoms with E-state index in [1.807, 2.05) is 38.1 Å². The fraction of sp³-hybridized carbons (Fsp3) is 0.176. The molecule has 3 nitrogen and oxygen atoms in total. The smallest absolute Gasteiger partial charge is 0.252 e. The van der Waals surface area contributed by atoms with Crippen LogP contribution in [-0.2, 0) is 0 Å². The van der Waals surface area contributed by atoms with Gasteiger partial charge in [0.1, 0.15) is 0 Å². The molecule has 0 aromatic heterocycles. The topological polar surface area (TPSA) is 52.9 Å². The maximum Gasteiger partial charge on any atom is 0.252 e. The molecule has 2 rings (SSSR count). The number of amides is 1. The van der Waals surface area contributed by atoms with E-state index >= 15 is 0 Å². The van der Waals surface area contributed by atoms with Crippen LogP contribution in [0.5, 0.6) is 0 Å². The van der Waals surface area contributed by atoms with Crippen LogP contribution < -0.4 is 5.32 Å². The molecule has 1 N–H and O–H groups in total. The van der Waals surface area contributed by atoms with Crippen LogP contribution in [0.25, 0.3) is 0 Å². The van der Waals surface area contributed by atoms with Gasteiger partial charge in [0.15, 0.2) is 0 Å². The molecule has 1 amide bonds. The molecular formula is C17H15BrN2O. The molecule has 1 unspecified atom stereocenters. The van der Waals surface area contributed by atoms with Gasteiger partial charge in [0.2, 0.25) is 0 Å². The Balaban J connectivity index is 2.15. The third-order valence-electron chi connectivity index (χ3n) is 3.40. The molecule has 0 aliphatic carbocycles. The van der Waals surface area contributed by atoms with Crippen LogP contribution in [-0.4, -0.2) is 5.91 Å². The number of hydrogen-bond acceptors (Lipinski definition) is 2. The molecule has 0 bridgehead atoms. The quantitative estimate of drug-likeness (QED) is 0.911. The molecule has 4 heteroatoms. The minimum Gasteiger partial charge on any atom is -0.346 e. The summed E-state index contributed by atoms with van der Waals surface area (Å²) in [6.07, 6.45) is 0. The molecule has 0 spiro atoms. The van der Waals surface area contributed by atoms with Gasteiger partial charge in [0.05, 0.1) is 17.7 Å². The van der Waals surface area contributed by atoms with Gasteiger partial charge in [-0.25, -0.2) is 0 Å². The van der Waals surface area contributed by atoms with Crippen molar-refractivity contribution >= 4 is 21.8 Å². The lowest BCUT2D eigenvalue weighted by Crippen LogP contribution is -2.27. The van der Waals surface area contributed by atoms with E-state index < -0.39 is 0 Å². The van der Waals surface area contributed by atoms with Crippen LogP contribution in [0, 0.1) is 18.3 Å². The van der Waals surface area contributed by atoms with Crippen LogP contribution in [0.3, 0.4) is 0 Å². The highest BCUT2D eigenvalue weighted by Crippen LogP contribution is 2.20. The molecule has 0 fully saturated rings. The number of nitriles is 1. The molecular weight excluding hydrogens is 328 g/mol. The second-order valence-electron chi connectivity index (χ2n) is 4.84. The zero-order chi connectivity index (χ0) is 15.4. The summed E-state index contributed by atoms with van der Waals surface area (Å²) in [6, 6.07) is 14.7. The molecule has 0 aliphatic rings. The Hall–Kier alpha value is -2.12. The summed E-state index contributed by atoms with van der Waals surface area (Å²) in [5.74, 6) is -0.106. The van der Waals surface area contributed by atoms with Gasteiger partial charge >= 0.3 is 0 Å². The van der Waals surface area contributed by atoms with Crippen LogP contribution in [0.4, 0.5) is 0 Å². The molecule has 0 radical (unpaired) electrons. The Labute approximate surface area is 132 Å². The normalized spacial score (nSPS) is 11.5. The fourth-order valence-corrected chi connectivity index (χ4v) is 2.42. The molecule has 0 saturated carbocycles. The molecule has 0 saturated heterocycles. The number of carbonyl (C=O) groups is 1. The van der Waals surface area contributed by atoms with Crippen LogP contribution in [0.2, 0.25) is 0 Å². The van der Waals surface area contributed by atoms with Crippen molar-refractivity contribution in [3.05, 3.63) is 69.2 Å². The summed E-state index contributed by atoms with van der Waals surface area (Å²) < 4.78 is 0.918. The second kappa shape index (κ2) is 6.55. The van der Waals surface area contributed by atoms with E-state index in [-0.39, 0.29) is 11.9 Å². The lowest BCUT2D eigenvalue weighted by atomic mass is 10.0. The highest BCUT2D eigenvalue weighted by molar-refractivity contribution is 9.10. The average Bonchev–Trinajstić information content (AvgIpc) is 2.50. The van der Waals surface area contributed by atoms with Gasteiger partial charge < -0.3 is 5.32 Å². The summed E-state index contributed by atoms with van der Waals surface area (Å²) in [7, 11) is 0. The van der Waals surface area contributed by atoms with Gasteiger partial charge in [0.25, 0.3) is 5.91 Å². The standard InChI is InChI=1S/C17H15BrN2O/c1-11-15(4-3-5-16(11)18)17(21)20-12(2)14-8-6-13(10-19)7-9-14/h3-9,12H,1-2H3,(H,20,21). The average molecular weight is 343 g/mol. The summed E-state index contributed by atoms with van der Waals surface area (Å²) in [6.45, 7) is 3.83.